The van der Waals surface area contributed by atoms with Gasteiger partial charge in [0.15, 0.2) is 0 Å². The summed E-state index contributed by atoms with van der Waals surface area (Å²) in [5, 5.41) is 8.72. The zero-order chi connectivity index (χ0) is 11.5. The smallest absolute Gasteiger partial charge is 0.125 e. The molecule has 3 nitrogen and oxygen atoms in total. The Morgan fingerprint density at radius 1 is 1.31 bits per heavy atom. The Kier molecular flexibility index (Phi) is 2.75. The number of hydrogen-bond acceptors (Lipinski definition) is 3. The molecular formula is C11H6FN3S. The Morgan fingerprint density at radius 2 is 2.12 bits per heavy atom. The number of nitrogens with one attached hydrogen (secondary N) is 1. The maximum absolute atomic E-state index is 13.2. The van der Waals surface area contributed by atoms with E-state index in [0.717, 1.165) is 0 Å². The number of hydrogen-bond donors (Lipinski definition) is 1. The van der Waals surface area contributed by atoms with Crippen LogP contribution in [0.4, 0.5) is 4.39 Å². The van der Waals surface area contributed by atoms with E-state index in [1.54, 1.807) is 6.07 Å². The van der Waals surface area contributed by atoms with Crippen molar-refractivity contribution in [3.05, 3.63) is 46.6 Å². The summed E-state index contributed by atoms with van der Waals surface area (Å²) in [4.78, 5) is 6.78. The van der Waals surface area contributed by atoms with Gasteiger partial charge in [0.1, 0.15) is 10.5 Å². The third-order valence-electron chi connectivity index (χ3n) is 1.99. The van der Waals surface area contributed by atoms with E-state index < -0.39 is 5.82 Å². The molecule has 1 N–H and O–H groups in total. The summed E-state index contributed by atoms with van der Waals surface area (Å²) in [7, 11) is 0. The van der Waals surface area contributed by atoms with Crippen molar-refractivity contribution in [2.24, 2.45) is 0 Å². The molecule has 1 aromatic heterocycles. The average Bonchev–Trinajstić information content (AvgIpc) is 2.28. The fraction of sp³-hybridized carbons (Fsp3) is 0. The molecule has 16 heavy (non-hydrogen) atoms. The van der Waals surface area contributed by atoms with E-state index in [4.69, 9.17) is 17.5 Å². The maximum Gasteiger partial charge on any atom is 0.125 e. The summed E-state index contributed by atoms with van der Waals surface area (Å²) in [6.45, 7) is 0. The summed E-state index contributed by atoms with van der Waals surface area (Å²) >= 11 is 4.92. The molecular weight excluding hydrogens is 225 g/mol. The molecule has 0 bridgehead atoms. The van der Waals surface area contributed by atoms with Crippen LogP contribution in [0.2, 0.25) is 0 Å². The fourth-order valence-electron chi connectivity index (χ4n) is 1.33. The van der Waals surface area contributed by atoms with Crippen LogP contribution in [0.3, 0.4) is 0 Å². The van der Waals surface area contributed by atoms with Crippen LogP contribution in [-0.4, -0.2) is 9.97 Å². The summed E-state index contributed by atoms with van der Waals surface area (Å²) in [5.74, 6) is -0.461. The van der Waals surface area contributed by atoms with E-state index in [0.29, 0.717) is 15.9 Å². The van der Waals surface area contributed by atoms with Crippen molar-refractivity contribution in [2.75, 3.05) is 0 Å². The van der Waals surface area contributed by atoms with Crippen LogP contribution in [-0.2, 0) is 0 Å². The first-order valence-electron chi connectivity index (χ1n) is 4.44. The second kappa shape index (κ2) is 4.21. The van der Waals surface area contributed by atoms with E-state index in [1.807, 2.05) is 6.07 Å². The Hall–Kier alpha value is -2.06. The third-order valence-corrected chi connectivity index (χ3v) is 2.20. The quantitative estimate of drug-likeness (QED) is 0.768. The lowest BCUT2D eigenvalue weighted by atomic mass is 10.1. The Balaban J connectivity index is 2.61. The fourth-order valence-corrected chi connectivity index (χ4v) is 1.50. The first-order chi connectivity index (χ1) is 7.69. The minimum Gasteiger partial charge on any atom is -0.344 e. The molecule has 2 aromatic rings. The highest BCUT2D eigenvalue weighted by Crippen LogP contribution is 2.18. The van der Waals surface area contributed by atoms with Crippen molar-refractivity contribution in [1.29, 1.82) is 5.26 Å². The Morgan fingerprint density at radius 3 is 2.81 bits per heavy atom. The minimum atomic E-state index is -0.461. The molecule has 0 aliphatic heterocycles. The molecule has 1 aromatic carbocycles. The van der Waals surface area contributed by atoms with Crippen LogP contribution in [0.15, 0.2) is 30.6 Å². The lowest BCUT2D eigenvalue weighted by Crippen LogP contribution is -1.88. The van der Waals surface area contributed by atoms with Gasteiger partial charge in [-0.1, -0.05) is 12.2 Å². The van der Waals surface area contributed by atoms with Gasteiger partial charge in [-0.3, -0.25) is 4.98 Å². The highest BCUT2D eigenvalue weighted by atomic mass is 32.1. The zero-order valence-corrected chi connectivity index (χ0v) is 8.88. The molecule has 0 aliphatic rings. The van der Waals surface area contributed by atoms with Gasteiger partial charge in [0.25, 0.3) is 0 Å². The SMILES string of the molecule is N#Cc1cc(F)cc(-c2cncc(=S)[nH]2)c1. The molecule has 5 heteroatoms. The van der Waals surface area contributed by atoms with Crippen LogP contribution in [0, 0.1) is 21.8 Å². The topological polar surface area (TPSA) is 52.5 Å². The van der Waals surface area contributed by atoms with Crippen molar-refractivity contribution in [1.82, 2.24) is 9.97 Å². The predicted octanol–water partition coefficient (Wildman–Crippen LogP) is 2.82. The van der Waals surface area contributed by atoms with E-state index in [1.165, 1.54) is 24.5 Å². The maximum atomic E-state index is 13.2. The Labute approximate surface area is 96.2 Å². The first kappa shape index (κ1) is 10.5. The number of aromatic nitrogens is 2. The van der Waals surface area contributed by atoms with Crippen LogP contribution in [0.5, 0.6) is 0 Å². The van der Waals surface area contributed by atoms with Gasteiger partial charge in [-0.05, 0) is 18.2 Å². The molecule has 0 saturated heterocycles. The molecule has 0 atom stereocenters. The summed E-state index contributed by atoms with van der Waals surface area (Å²) in [5.41, 5.74) is 1.40. The monoisotopic (exact) mass is 231 g/mol. The molecule has 0 radical (unpaired) electrons. The molecule has 2 rings (SSSR count). The average molecular weight is 231 g/mol. The van der Waals surface area contributed by atoms with Crippen molar-refractivity contribution in [3.8, 4) is 17.3 Å². The van der Waals surface area contributed by atoms with E-state index in [2.05, 4.69) is 9.97 Å². The van der Waals surface area contributed by atoms with Gasteiger partial charge >= 0.3 is 0 Å². The lowest BCUT2D eigenvalue weighted by Gasteiger charge is -2.02. The molecule has 0 unspecified atom stereocenters. The van der Waals surface area contributed by atoms with E-state index in [-0.39, 0.29) is 5.56 Å². The van der Waals surface area contributed by atoms with Crippen molar-refractivity contribution < 1.29 is 4.39 Å². The van der Waals surface area contributed by atoms with Crippen LogP contribution >= 0.6 is 12.2 Å². The summed E-state index contributed by atoms with van der Waals surface area (Å²) in [6.07, 6.45) is 3.02. The van der Waals surface area contributed by atoms with Gasteiger partial charge in [-0.25, -0.2) is 4.39 Å². The number of benzene rings is 1. The molecule has 78 valence electrons. The number of rotatable bonds is 1. The van der Waals surface area contributed by atoms with Crippen molar-refractivity contribution in [3.63, 3.8) is 0 Å². The van der Waals surface area contributed by atoms with E-state index >= 15 is 0 Å². The number of nitrogens with zero attached hydrogens (tertiary/aromatic N) is 2. The number of H-pyrrole nitrogens is 1. The summed E-state index contributed by atoms with van der Waals surface area (Å²) < 4.78 is 13.6. The van der Waals surface area contributed by atoms with Gasteiger partial charge in [-0.2, -0.15) is 5.26 Å². The minimum absolute atomic E-state index is 0.262. The zero-order valence-electron chi connectivity index (χ0n) is 8.07. The first-order valence-corrected chi connectivity index (χ1v) is 4.85. The molecule has 0 amide bonds. The molecule has 0 fully saturated rings. The van der Waals surface area contributed by atoms with Crippen LogP contribution in [0.1, 0.15) is 5.56 Å². The highest BCUT2D eigenvalue weighted by molar-refractivity contribution is 7.71. The summed E-state index contributed by atoms with van der Waals surface area (Å²) in [6, 6.07) is 5.96. The molecule has 0 aliphatic carbocycles. The van der Waals surface area contributed by atoms with Gasteiger partial charge < -0.3 is 4.98 Å². The second-order valence-corrected chi connectivity index (χ2v) is 3.59. The standard InChI is InChI=1S/C11H6FN3S/c12-9-2-7(4-13)1-8(3-9)10-5-14-6-11(16)15-10/h1-3,5-6H,(H,15,16). The number of aromatic amines is 1. The predicted molar refractivity (Wildman–Crippen MR) is 59.5 cm³/mol. The second-order valence-electron chi connectivity index (χ2n) is 3.15. The van der Waals surface area contributed by atoms with Gasteiger partial charge in [0.2, 0.25) is 0 Å². The van der Waals surface area contributed by atoms with E-state index in [9.17, 15) is 4.39 Å². The third kappa shape index (κ3) is 2.12. The van der Waals surface area contributed by atoms with Crippen LogP contribution in [0.25, 0.3) is 11.3 Å². The number of halogens is 1. The molecule has 0 saturated carbocycles. The van der Waals surface area contributed by atoms with Crippen molar-refractivity contribution >= 4 is 12.2 Å². The molecule has 1 heterocycles. The van der Waals surface area contributed by atoms with Crippen molar-refractivity contribution in [2.45, 2.75) is 0 Å². The normalized spacial score (nSPS) is 9.75. The number of nitriles is 1. The van der Waals surface area contributed by atoms with Gasteiger partial charge in [0.05, 0.1) is 29.7 Å². The van der Waals surface area contributed by atoms with Crippen LogP contribution < -0.4 is 0 Å². The van der Waals surface area contributed by atoms with Gasteiger partial charge in [-0.15, -0.1) is 0 Å². The van der Waals surface area contributed by atoms with Gasteiger partial charge in [0, 0.05) is 5.56 Å². The highest BCUT2D eigenvalue weighted by Gasteiger charge is 2.03. The molecule has 0 spiro atoms. The Bertz CT molecular complexity index is 628. The lowest BCUT2D eigenvalue weighted by molar-refractivity contribution is 0.628. The largest absolute Gasteiger partial charge is 0.344 e.